The molecule has 1 saturated heterocycles. The van der Waals surface area contributed by atoms with Gasteiger partial charge in [-0.25, -0.2) is 0 Å². The number of aryl methyl sites for hydroxylation is 1. The quantitative estimate of drug-likeness (QED) is 0.799. The molecule has 1 aliphatic rings. The first-order valence-corrected chi connectivity index (χ1v) is 6.19. The molecule has 1 unspecified atom stereocenters. The van der Waals surface area contributed by atoms with Gasteiger partial charge in [-0.2, -0.15) is 0 Å². The minimum atomic E-state index is 0.630. The summed E-state index contributed by atoms with van der Waals surface area (Å²) in [7, 11) is 0. The highest BCUT2D eigenvalue weighted by Crippen LogP contribution is 2.27. The zero-order chi connectivity index (χ0) is 9.80. The molecule has 14 heavy (non-hydrogen) atoms. The van der Waals surface area contributed by atoms with Crippen molar-refractivity contribution in [1.29, 1.82) is 0 Å². The Bertz CT molecular complexity index is 292. The number of benzene rings is 1. The SMILES string of the molecule is Cc1cccc(SC2CCCCN2)c1. The van der Waals surface area contributed by atoms with Gasteiger partial charge in [0.25, 0.3) is 0 Å². The third-order valence-electron chi connectivity index (χ3n) is 2.53. The van der Waals surface area contributed by atoms with Gasteiger partial charge in [-0.15, -0.1) is 11.8 Å². The molecule has 2 rings (SSSR count). The van der Waals surface area contributed by atoms with Crippen LogP contribution in [0.25, 0.3) is 0 Å². The summed E-state index contributed by atoms with van der Waals surface area (Å²) >= 11 is 1.97. The van der Waals surface area contributed by atoms with Crippen molar-refractivity contribution in [3.8, 4) is 0 Å². The monoisotopic (exact) mass is 207 g/mol. The van der Waals surface area contributed by atoms with E-state index >= 15 is 0 Å². The van der Waals surface area contributed by atoms with Crippen LogP contribution in [0.15, 0.2) is 29.2 Å². The molecule has 0 amide bonds. The van der Waals surface area contributed by atoms with Gasteiger partial charge in [-0.1, -0.05) is 17.7 Å². The summed E-state index contributed by atoms with van der Waals surface area (Å²) in [5, 5.41) is 4.18. The maximum atomic E-state index is 3.55. The zero-order valence-corrected chi connectivity index (χ0v) is 9.44. The van der Waals surface area contributed by atoms with E-state index in [0.717, 1.165) is 0 Å². The first-order chi connectivity index (χ1) is 6.84. The van der Waals surface area contributed by atoms with Crippen LogP contribution in [0.3, 0.4) is 0 Å². The van der Waals surface area contributed by atoms with Crippen LogP contribution >= 0.6 is 11.8 Å². The van der Waals surface area contributed by atoms with E-state index in [1.165, 1.54) is 36.3 Å². The number of hydrogen-bond donors (Lipinski definition) is 1. The molecule has 1 N–H and O–H groups in total. The third-order valence-corrected chi connectivity index (χ3v) is 3.75. The Labute approximate surface area is 90.3 Å². The minimum Gasteiger partial charge on any atom is -0.305 e. The maximum absolute atomic E-state index is 3.55. The Morgan fingerprint density at radius 2 is 2.29 bits per heavy atom. The molecule has 1 nitrogen and oxygen atoms in total. The van der Waals surface area contributed by atoms with Crippen LogP contribution in [0, 0.1) is 6.92 Å². The van der Waals surface area contributed by atoms with Crippen LogP contribution < -0.4 is 5.32 Å². The van der Waals surface area contributed by atoms with Gasteiger partial charge in [0.15, 0.2) is 0 Å². The van der Waals surface area contributed by atoms with Gasteiger partial charge in [-0.05, 0) is 44.9 Å². The summed E-state index contributed by atoms with van der Waals surface area (Å²) in [5.74, 6) is 0. The number of piperidine rings is 1. The molecule has 0 bridgehead atoms. The number of rotatable bonds is 2. The molecule has 1 aromatic rings. The molecular formula is C12H17NS. The van der Waals surface area contributed by atoms with Crippen molar-refractivity contribution >= 4 is 11.8 Å². The van der Waals surface area contributed by atoms with E-state index in [9.17, 15) is 0 Å². The van der Waals surface area contributed by atoms with Crippen molar-refractivity contribution in [2.45, 2.75) is 36.5 Å². The lowest BCUT2D eigenvalue weighted by atomic mass is 10.2. The van der Waals surface area contributed by atoms with Gasteiger partial charge >= 0.3 is 0 Å². The lowest BCUT2D eigenvalue weighted by Gasteiger charge is -2.22. The van der Waals surface area contributed by atoms with E-state index in [0.29, 0.717) is 5.37 Å². The molecule has 0 spiro atoms. The lowest BCUT2D eigenvalue weighted by Crippen LogP contribution is -2.30. The molecule has 1 aliphatic heterocycles. The second-order valence-corrected chi connectivity index (χ2v) is 5.15. The molecule has 1 atom stereocenters. The predicted octanol–water partition coefficient (Wildman–Crippen LogP) is 3.19. The summed E-state index contributed by atoms with van der Waals surface area (Å²) in [5.41, 5.74) is 1.35. The van der Waals surface area contributed by atoms with E-state index in [1.807, 2.05) is 11.8 Å². The fourth-order valence-electron chi connectivity index (χ4n) is 1.77. The molecule has 1 fully saturated rings. The molecule has 0 saturated carbocycles. The summed E-state index contributed by atoms with van der Waals surface area (Å²) in [4.78, 5) is 1.39. The normalized spacial score (nSPS) is 22.2. The largest absolute Gasteiger partial charge is 0.305 e. The first kappa shape index (κ1) is 10.1. The van der Waals surface area contributed by atoms with Gasteiger partial charge in [0.2, 0.25) is 0 Å². The van der Waals surface area contributed by atoms with E-state index < -0.39 is 0 Å². The van der Waals surface area contributed by atoms with Crippen molar-refractivity contribution in [1.82, 2.24) is 5.32 Å². The summed E-state index contributed by atoms with van der Waals surface area (Å²) in [6.07, 6.45) is 4.01. The Balaban J connectivity index is 1.95. The Hall–Kier alpha value is -0.470. The highest BCUT2D eigenvalue weighted by Gasteiger charge is 2.13. The van der Waals surface area contributed by atoms with Crippen molar-refractivity contribution in [2.24, 2.45) is 0 Å². The van der Waals surface area contributed by atoms with Crippen LogP contribution in [0.5, 0.6) is 0 Å². The first-order valence-electron chi connectivity index (χ1n) is 5.31. The summed E-state index contributed by atoms with van der Waals surface area (Å²) < 4.78 is 0. The average molecular weight is 207 g/mol. The van der Waals surface area contributed by atoms with Gasteiger partial charge in [0.05, 0.1) is 5.37 Å². The highest BCUT2D eigenvalue weighted by atomic mass is 32.2. The van der Waals surface area contributed by atoms with Crippen LogP contribution in [0.4, 0.5) is 0 Å². The Morgan fingerprint density at radius 1 is 1.36 bits per heavy atom. The van der Waals surface area contributed by atoms with Crippen LogP contribution in [0.1, 0.15) is 24.8 Å². The topological polar surface area (TPSA) is 12.0 Å². The van der Waals surface area contributed by atoms with Gasteiger partial charge in [-0.3, -0.25) is 0 Å². The molecule has 76 valence electrons. The van der Waals surface area contributed by atoms with Gasteiger partial charge < -0.3 is 5.32 Å². The summed E-state index contributed by atoms with van der Waals surface area (Å²) in [6.45, 7) is 3.34. The molecule has 0 radical (unpaired) electrons. The number of hydrogen-bond acceptors (Lipinski definition) is 2. The standard InChI is InChI=1S/C12H17NS/c1-10-5-4-6-11(9-10)14-12-7-2-3-8-13-12/h4-6,9,12-13H,2-3,7-8H2,1H3. The number of thioether (sulfide) groups is 1. The summed E-state index contributed by atoms with van der Waals surface area (Å²) in [6, 6.07) is 8.76. The van der Waals surface area contributed by atoms with Crippen molar-refractivity contribution < 1.29 is 0 Å². The smallest absolute Gasteiger partial charge is 0.0579 e. The second-order valence-electron chi connectivity index (χ2n) is 3.87. The Morgan fingerprint density at radius 3 is 3.00 bits per heavy atom. The van der Waals surface area contributed by atoms with E-state index in [-0.39, 0.29) is 0 Å². The number of nitrogens with one attached hydrogen (secondary N) is 1. The molecule has 1 heterocycles. The fourth-order valence-corrected chi connectivity index (χ4v) is 3.00. The minimum absolute atomic E-state index is 0.630. The molecule has 0 aromatic heterocycles. The predicted molar refractivity (Wildman–Crippen MR) is 62.7 cm³/mol. The van der Waals surface area contributed by atoms with Crippen molar-refractivity contribution in [3.63, 3.8) is 0 Å². The molecular weight excluding hydrogens is 190 g/mol. The maximum Gasteiger partial charge on any atom is 0.0579 e. The van der Waals surface area contributed by atoms with Gasteiger partial charge in [0.1, 0.15) is 0 Å². The van der Waals surface area contributed by atoms with E-state index in [1.54, 1.807) is 0 Å². The molecule has 0 aliphatic carbocycles. The van der Waals surface area contributed by atoms with E-state index in [2.05, 4.69) is 36.5 Å². The molecule has 1 aromatic carbocycles. The lowest BCUT2D eigenvalue weighted by molar-refractivity contribution is 0.491. The van der Waals surface area contributed by atoms with Crippen molar-refractivity contribution in [2.75, 3.05) is 6.54 Å². The second kappa shape index (κ2) is 4.85. The van der Waals surface area contributed by atoms with Crippen LogP contribution in [-0.4, -0.2) is 11.9 Å². The highest BCUT2D eigenvalue weighted by molar-refractivity contribution is 7.99. The fraction of sp³-hybridized carbons (Fsp3) is 0.500. The van der Waals surface area contributed by atoms with Gasteiger partial charge in [0, 0.05) is 4.90 Å². The Kier molecular flexibility index (Phi) is 3.49. The molecule has 2 heteroatoms. The van der Waals surface area contributed by atoms with Crippen LogP contribution in [-0.2, 0) is 0 Å². The van der Waals surface area contributed by atoms with Crippen LogP contribution in [0.2, 0.25) is 0 Å². The third kappa shape index (κ3) is 2.76. The zero-order valence-electron chi connectivity index (χ0n) is 8.62. The van der Waals surface area contributed by atoms with E-state index in [4.69, 9.17) is 0 Å². The van der Waals surface area contributed by atoms with Crippen molar-refractivity contribution in [3.05, 3.63) is 29.8 Å². The average Bonchev–Trinajstić information content (AvgIpc) is 2.19.